The van der Waals surface area contributed by atoms with Crippen LogP contribution in [0.2, 0.25) is 0 Å². The molecule has 0 spiro atoms. The lowest BCUT2D eigenvalue weighted by molar-refractivity contribution is -0.120. The first-order valence-corrected chi connectivity index (χ1v) is 5.75. The number of hydrogen-bond donors (Lipinski definition) is 1. The van der Waals surface area contributed by atoms with Gasteiger partial charge in [-0.2, -0.15) is 0 Å². The summed E-state index contributed by atoms with van der Waals surface area (Å²) in [4.78, 5) is 15.5. The standard InChI is InChI=1S/C13H20N2O/c1-10(2)11(3)9-15-13(16)8-12-4-6-14-7-5-12/h4-7,10-11H,8-9H2,1-3H3,(H,15,16)/t11-/m1/s1. The topological polar surface area (TPSA) is 42.0 Å². The molecule has 1 aromatic heterocycles. The van der Waals surface area contributed by atoms with Gasteiger partial charge in [0.25, 0.3) is 0 Å². The number of carbonyl (C=O) groups excluding carboxylic acids is 1. The molecule has 0 aromatic carbocycles. The monoisotopic (exact) mass is 220 g/mol. The van der Waals surface area contributed by atoms with Gasteiger partial charge in [0.1, 0.15) is 0 Å². The van der Waals surface area contributed by atoms with Crippen LogP contribution in [0.4, 0.5) is 0 Å². The predicted octanol–water partition coefficient (Wildman–Crippen LogP) is 2.03. The van der Waals surface area contributed by atoms with E-state index in [1.807, 2.05) is 12.1 Å². The van der Waals surface area contributed by atoms with Gasteiger partial charge in [-0.25, -0.2) is 0 Å². The summed E-state index contributed by atoms with van der Waals surface area (Å²) in [5.41, 5.74) is 1.00. The Morgan fingerprint density at radius 2 is 1.94 bits per heavy atom. The Labute approximate surface area is 97.3 Å². The molecule has 1 N–H and O–H groups in total. The third-order valence-corrected chi connectivity index (χ3v) is 2.87. The van der Waals surface area contributed by atoms with Crippen molar-refractivity contribution in [3.63, 3.8) is 0 Å². The maximum atomic E-state index is 11.6. The number of nitrogens with one attached hydrogen (secondary N) is 1. The van der Waals surface area contributed by atoms with E-state index in [0.717, 1.165) is 12.1 Å². The molecule has 3 heteroatoms. The van der Waals surface area contributed by atoms with E-state index in [9.17, 15) is 4.79 Å². The van der Waals surface area contributed by atoms with Gasteiger partial charge in [-0.15, -0.1) is 0 Å². The Kier molecular flexibility index (Phi) is 4.96. The number of carbonyl (C=O) groups is 1. The van der Waals surface area contributed by atoms with Crippen LogP contribution in [-0.4, -0.2) is 17.4 Å². The zero-order valence-corrected chi connectivity index (χ0v) is 10.2. The van der Waals surface area contributed by atoms with Gasteiger partial charge >= 0.3 is 0 Å². The molecule has 1 aromatic rings. The molecule has 0 aliphatic heterocycles. The van der Waals surface area contributed by atoms with Crippen molar-refractivity contribution >= 4 is 5.91 Å². The first kappa shape index (κ1) is 12.7. The number of nitrogens with zero attached hydrogens (tertiary/aromatic N) is 1. The highest BCUT2D eigenvalue weighted by Gasteiger charge is 2.09. The highest BCUT2D eigenvalue weighted by atomic mass is 16.1. The molecule has 1 amide bonds. The fraction of sp³-hybridized carbons (Fsp3) is 0.538. The molecule has 88 valence electrons. The van der Waals surface area contributed by atoms with E-state index in [4.69, 9.17) is 0 Å². The normalized spacial score (nSPS) is 12.5. The van der Waals surface area contributed by atoms with Crippen LogP contribution in [0, 0.1) is 11.8 Å². The zero-order chi connectivity index (χ0) is 12.0. The van der Waals surface area contributed by atoms with Crippen molar-refractivity contribution in [2.45, 2.75) is 27.2 Å². The third-order valence-electron chi connectivity index (χ3n) is 2.87. The van der Waals surface area contributed by atoms with Crippen molar-refractivity contribution in [2.75, 3.05) is 6.54 Å². The first-order chi connectivity index (χ1) is 7.59. The van der Waals surface area contributed by atoms with Crippen LogP contribution in [0.3, 0.4) is 0 Å². The summed E-state index contributed by atoms with van der Waals surface area (Å²) in [6, 6.07) is 3.73. The van der Waals surface area contributed by atoms with E-state index in [-0.39, 0.29) is 5.91 Å². The predicted molar refractivity (Wildman–Crippen MR) is 65.0 cm³/mol. The van der Waals surface area contributed by atoms with Gasteiger partial charge in [0, 0.05) is 18.9 Å². The molecule has 1 heterocycles. The minimum Gasteiger partial charge on any atom is -0.356 e. The van der Waals surface area contributed by atoms with Crippen molar-refractivity contribution < 1.29 is 4.79 Å². The van der Waals surface area contributed by atoms with Gasteiger partial charge in [0.2, 0.25) is 5.91 Å². The fourth-order valence-electron chi connectivity index (χ4n) is 1.26. The summed E-state index contributed by atoms with van der Waals surface area (Å²) >= 11 is 0. The Bertz CT molecular complexity index is 322. The molecule has 0 saturated carbocycles. The van der Waals surface area contributed by atoms with Crippen molar-refractivity contribution in [2.24, 2.45) is 11.8 Å². The smallest absolute Gasteiger partial charge is 0.224 e. The van der Waals surface area contributed by atoms with E-state index in [2.05, 4.69) is 31.1 Å². The number of amides is 1. The van der Waals surface area contributed by atoms with Crippen molar-refractivity contribution in [1.82, 2.24) is 10.3 Å². The molecule has 1 atom stereocenters. The highest BCUT2D eigenvalue weighted by molar-refractivity contribution is 5.78. The molecule has 0 bridgehead atoms. The van der Waals surface area contributed by atoms with Crippen LogP contribution in [0.1, 0.15) is 26.3 Å². The molecule has 0 unspecified atom stereocenters. The Morgan fingerprint density at radius 3 is 2.50 bits per heavy atom. The average molecular weight is 220 g/mol. The molecule has 3 nitrogen and oxygen atoms in total. The van der Waals surface area contributed by atoms with Crippen LogP contribution in [0.15, 0.2) is 24.5 Å². The molecule has 0 fully saturated rings. The van der Waals surface area contributed by atoms with E-state index in [1.165, 1.54) is 0 Å². The van der Waals surface area contributed by atoms with Gasteiger partial charge in [-0.1, -0.05) is 20.8 Å². The lowest BCUT2D eigenvalue weighted by atomic mass is 9.98. The number of rotatable bonds is 5. The van der Waals surface area contributed by atoms with Gasteiger partial charge < -0.3 is 5.32 Å². The van der Waals surface area contributed by atoms with E-state index >= 15 is 0 Å². The lowest BCUT2D eigenvalue weighted by Gasteiger charge is -2.15. The summed E-state index contributed by atoms with van der Waals surface area (Å²) in [7, 11) is 0. The quantitative estimate of drug-likeness (QED) is 0.825. The van der Waals surface area contributed by atoms with Crippen molar-refractivity contribution in [1.29, 1.82) is 0 Å². The zero-order valence-electron chi connectivity index (χ0n) is 10.2. The molecule has 0 aliphatic rings. The van der Waals surface area contributed by atoms with Crippen LogP contribution in [-0.2, 0) is 11.2 Å². The summed E-state index contributed by atoms with van der Waals surface area (Å²) in [6.45, 7) is 7.23. The SMILES string of the molecule is CC(C)[C@H](C)CNC(=O)Cc1ccncc1. The maximum absolute atomic E-state index is 11.6. The summed E-state index contributed by atoms with van der Waals surface area (Å²) in [6.07, 6.45) is 3.85. The van der Waals surface area contributed by atoms with Gasteiger partial charge in [-0.3, -0.25) is 9.78 Å². The second-order valence-corrected chi connectivity index (χ2v) is 4.56. The molecular weight excluding hydrogens is 200 g/mol. The summed E-state index contributed by atoms with van der Waals surface area (Å²) in [5.74, 6) is 1.20. The average Bonchev–Trinajstić information content (AvgIpc) is 2.27. The largest absolute Gasteiger partial charge is 0.356 e. The molecule has 0 radical (unpaired) electrons. The number of aromatic nitrogens is 1. The van der Waals surface area contributed by atoms with Gasteiger partial charge in [-0.05, 0) is 29.5 Å². The first-order valence-electron chi connectivity index (χ1n) is 5.75. The van der Waals surface area contributed by atoms with Crippen molar-refractivity contribution in [3.05, 3.63) is 30.1 Å². The van der Waals surface area contributed by atoms with Gasteiger partial charge in [0.05, 0.1) is 6.42 Å². The van der Waals surface area contributed by atoms with Crippen LogP contribution in [0.25, 0.3) is 0 Å². The second kappa shape index (κ2) is 6.26. The van der Waals surface area contributed by atoms with E-state index in [0.29, 0.717) is 18.3 Å². The fourth-order valence-corrected chi connectivity index (χ4v) is 1.26. The molecule has 0 aliphatic carbocycles. The molecular formula is C13H20N2O. The maximum Gasteiger partial charge on any atom is 0.224 e. The molecule has 1 rings (SSSR count). The van der Waals surface area contributed by atoms with Crippen LogP contribution in [0.5, 0.6) is 0 Å². The second-order valence-electron chi connectivity index (χ2n) is 4.56. The summed E-state index contributed by atoms with van der Waals surface area (Å²) in [5, 5.41) is 2.95. The summed E-state index contributed by atoms with van der Waals surface area (Å²) < 4.78 is 0. The highest BCUT2D eigenvalue weighted by Crippen LogP contribution is 2.07. The number of hydrogen-bond acceptors (Lipinski definition) is 2. The van der Waals surface area contributed by atoms with Crippen molar-refractivity contribution in [3.8, 4) is 0 Å². The Balaban J connectivity index is 2.32. The molecule has 0 saturated heterocycles. The van der Waals surface area contributed by atoms with E-state index < -0.39 is 0 Å². The Hall–Kier alpha value is -1.38. The minimum absolute atomic E-state index is 0.0821. The Morgan fingerprint density at radius 1 is 1.31 bits per heavy atom. The lowest BCUT2D eigenvalue weighted by Crippen LogP contribution is -2.31. The molecule has 16 heavy (non-hydrogen) atoms. The van der Waals surface area contributed by atoms with E-state index in [1.54, 1.807) is 12.4 Å². The third kappa shape index (κ3) is 4.43. The number of pyridine rings is 1. The minimum atomic E-state index is 0.0821. The van der Waals surface area contributed by atoms with Gasteiger partial charge in [0.15, 0.2) is 0 Å². The van der Waals surface area contributed by atoms with Crippen LogP contribution >= 0.6 is 0 Å². The van der Waals surface area contributed by atoms with Crippen LogP contribution < -0.4 is 5.32 Å².